The second-order valence-corrected chi connectivity index (χ2v) is 4.83. The first-order valence-electron chi connectivity index (χ1n) is 7.03. The number of imidazole rings is 2. The molecule has 2 heterocycles. The van der Waals surface area contributed by atoms with Crippen molar-refractivity contribution in [3.05, 3.63) is 30.6 Å². The van der Waals surface area contributed by atoms with Crippen molar-refractivity contribution in [2.24, 2.45) is 0 Å². The van der Waals surface area contributed by atoms with Crippen molar-refractivity contribution in [3.63, 3.8) is 0 Å². The van der Waals surface area contributed by atoms with E-state index in [1.165, 1.54) is 0 Å². The van der Waals surface area contributed by atoms with Crippen molar-refractivity contribution in [2.45, 2.75) is 46.2 Å². The van der Waals surface area contributed by atoms with Crippen LogP contribution in [0.3, 0.4) is 0 Å². The summed E-state index contributed by atoms with van der Waals surface area (Å²) in [5.74, 6) is 1.00. The van der Waals surface area contributed by atoms with Crippen molar-refractivity contribution in [2.75, 3.05) is 11.9 Å². The third-order valence-electron chi connectivity index (χ3n) is 3.05. The van der Waals surface area contributed by atoms with Crippen molar-refractivity contribution in [1.29, 1.82) is 0 Å². The highest BCUT2D eigenvalue weighted by Gasteiger charge is 2.03. The van der Waals surface area contributed by atoms with Crippen LogP contribution >= 0.6 is 0 Å². The average molecular weight is 261 g/mol. The molecule has 0 saturated heterocycles. The van der Waals surface area contributed by atoms with Crippen LogP contribution in [0.25, 0.3) is 0 Å². The summed E-state index contributed by atoms with van der Waals surface area (Å²) in [5, 5.41) is 3.43. The maximum absolute atomic E-state index is 4.51. The second kappa shape index (κ2) is 6.97. The van der Waals surface area contributed by atoms with Crippen LogP contribution in [-0.2, 0) is 13.1 Å². The smallest absolute Gasteiger partial charge is 0.203 e. The highest BCUT2D eigenvalue weighted by Crippen LogP contribution is 2.09. The third kappa shape index (κ3) is 4.12. The monoisotopic (exact) mass is 261 g/mol. The fraction of sp³-hybridized carbons (Fsp3) is 0.571. The molecule has 19 heavy (non-hydrogen) atoms. The summed E-state index contributed by atoms with van der Waals surface area (Å²) in [5.41, 5.74) is 1.08. The van der Waals surface area contributed by atoms with Gasteiger partial charge in [-0.05, 0) is 26.2 Å². The zero-order valence-electron chi connectivity index (χ0n) is 11.8. The Morgan fingerprint density at radius 3 is 2.89 bits per heavy atom. The van der Waals surface area contributed by atoms with Crippen molar-refractivity contribution in [3.8, 4) is 0 Å². The maximum atomic E-state index is 4.51. The molecule has 5 nitrogen and oxygen atoms in total. The van der Waals surface area contributed by atoms with E-state index in [4.69, 9.17) is 0 Å². The molecule has 0 atom stereocenters. The van der Waals surface area contributed by atoms with Gasteiger partial charge in [-0.1, -0.05) is 6.92 Å². The number of unbranched alkanes of at least 4 members (excludes halogenated alkanes) is 1. The number of hydrogen-bond donors (Lipinski definition) is 1. The minimum atomic E-state index is 0.967. The number of nitrogens with one attached hydrogen (secondary N) is 1. The number of nitrogens with zero attached hydrogens (tertiary/aromatic N) is 4. The van der Waals surface area contributed by atoms with Crippen molar-refractivity contribution < 1.29 is 0 Å². The molecule has 0 aliphatic rings. The Morgan fingerprint density at radius 2 is 2.16 bits per heavy atom. The molecule has 0 aromatic carbocycles. The molecule has 0 aliphatic carbocycles. The summed E-state index contributed by atoms with van der Waals surface area (Å²) < 4.78 is 4.31. The van der Waals surface area contributed by atoms with E-state index in [-0.39, 0.29) is 0 Å². The van der Waals surface area contributed by atoms with Gasteiger partial charge in [0.05, 0.1) is 12.0 Å². The predicted octanol–water partition coefficient (Wildman–Crippen LogP) is 2.69. The van der Waals surface area contributed by atoms with E-state index in [9.17, 15) is 0 Å². The summed E-state index contributed by atoms with van der Waals surface area (Å²) in [7, 11) is 0. The van der Waals surface area contributed by atoms with Gasteiger partial charge in [0.25, 0.3) is 0 Å². The Morgan fingerprint density at radius 1 is 1.26 bits per heavy atom. The molecule has 104 valence electrons. The molecule has 2 aromatic heterocycles. The molecule has 0 amide bonds. The highest BCUT2D eigenvalue weighted by atomic mass is 15.2. The van der Waals surface area contributed by atoms with Crippen LogP contribution in [0, 0.1) is 6.92 Å². The maximum Gasteiger partial charge on any atom is 0.203 e. The van der Waals surface area contributed by atoms with Crippen molar-refractivity contribution >= 4 is 5.95 Å². The minimum Gasteiger partial charge on any atom is -0.356 e. The molecule has 0 aliphatic heterocycles. The molecule has 0 fully saturated rings. The fourth-order valence-corrected chi connectivity index (χ4v) is 2.14. The van der Waals surface area contributed by atoms with Crippen LogP contribution in [0.1, 0.15) is 31.9 Å². The van der Waals surface area contributed by atoms with Gasteiger partial charge in [0.15, 0.2) is 0 Å². The molecule has 2 aromatic rings. The molecule has 0 radical (unpaired) electrons. The van der Waals surface area contributed by atoms with Crippen LogP contribution in [0.4, 0.5) is 5.95 Å². The van der Waals surface area contributed by atoms with Crippen LogP contribution in [0.15, 0.2) is 24.9 Å². The predicted molar refractivity (Wildman–Crippen MR) is 77.2 cm³/mol. The van der Waals surface area contributed by atoms with Gasteiger partial charge >= 0.3 is 0 Å². The van der Waals surface area contributed by atoms with Gasteiger partial charge in [-0.2, -0.15) is 0 Å². The lowest BCUT2D eigenvalue weighted by molar-refractivity contribution is 0.617. The van der Waals surface area contributed by atoms with E-state index in [1.807, 2.05) is 25.6 Å². The van der Waals surface area contributed by atoms with Gasteiger partial charge in [0.1, 0.15) is 0 Å². The lowest BCUT2D eigenvalue weighted by Gasteiger charge is -2.08. The quantitative estimate of drug-likeness (QED) is 0.743. The molecule has 0 unspecified atom stereocenters. The topological polar surface area (TPSA) is 47.7 Å². The minimum absolute atomic E-state index is 0.967. The molecule has 5 heteroatoms. The Bertz CT molecular complexity index is 472. The van der Waals surface area contributed by atoms with Crippen LogP contribution in [0.2, 0.25) is 0 Å². The number of aryl methyl sites for hydroxylation is 3. The highest BCUT2D eigenvalue weighted by molar-refractivity contribution is 5.28. The largest absolute Gasteiger partial charge is 0.356 e. The molecular formula is C14H23N5. The van der Waals surface area contributed by atoms with Gasteiger partial charge in [0, 0.05) is 38.2 Å². The van der Waals surface area contributed by atoms with Crippen LogP contribution in [-0.4, -0.2) is 25.6 Å². The zero-order valence-corrected chi connectivity index (χ0v) is 11.8. The molecular weight excluding hydrogens is 238 g/mol. The third-order valence-corrected chi connectivity index (χ3v) is 3.05. The van der Waals surface area contributed by atoms with E-state index in [1.54, 1.807) is 0 Å². The van der Waals surface area contributed by atoms with Gasteiger partial charge in [-0.3, -0.25) is 0 Å². The first-order valence-corrected chi connectivity index (χ1v) is 7.03. The van der Waals surface area contributed by atoms with E-state index in [0.29, 0.717) is 0 Å². The van der Waals surface area contributed by atoms with Gasteiger partial charge in [0.2, 0.25) is 5.95 Å². The summed E-state index contributed by atoms with van der Waals surface area (Å²) >= 11 is 0. The van der Waals surface area contributed by atoms with Crippen LogP contribution < -0.4 is 5.32 Å². The molecule has 2 rings (SSSR count). The SMILES string of the molecule is CCCn1cc(C)nc1NCCCCn1ccnc1. The standard InChI is InChI=1S/C14H23N5/c1-3-8-19-11-13(2)17-14(19)16-6-4-5-9-18-10-7-15-12-18/h7,10-12H,3-6,8-9H2,1-2H3,(H,16,17). The number of aromatic nitrogens is 4. The Kier molecular flexibility index (Phi) is 5.01. The Hall–Kier alpha value is -1.78. The molecule has 0 spiro atoms. The lowest BCUT2D eigenvalue weighted by Crippen LogP contribution is -2.09. The summed E-state index contributed by atoms with van der Waals surface area (Å²) in [4.78, 5) is 8.55. The molecule has 0 bridgehead atoms. The van der Waals surface area contributed by atoms with Crippen molar-refractivity contribution in [1.82, 2.24) is 19.1 Å². The zero-order chi connectivity index (χ0) is 13.5. The Balaban J connectivity index is 1.70. The second-order valence-electron chi connectivity index (χ2n) is 4.83. The average Bonchev–Trinajstić information content (AvgIpc) is 3.00. The normalized spacial score (nSPS) is 10.8. The Labute approximate surface area is 114 Å². The van der Waals surface area contributed by atoms with Crippen LogP contribution in [0.5, 0.6) is 0 Å². The molecule has 0 saturated carbocycles. The first kappa shape index (κ1) is 13.6. The van der Waals surface area contributed by atoms with Gasteiger partial charge < -0.3 is 14.5 Å². The van der Waals surface area contributed by atoms with Gasteiger partial charge in [-0.15, -0.1) is 0 Å². The van der Waals surface area contributed by atoms with E-state index in [0.717, 1.165) is 50.5 Å². The summed E-state index contributed by atoms with van der Waals surface area (Å²) in [6.45, 7) is 7.25. The first-order chi connectivity index (χ1) is 9.29. The number of anilines is 1. The van der Waals surface area contributed by atoms with E-state index in [2.05, 4.69) is 37.5 Å². The van der Waals surface area contributed by atoms with E-state index < -0.39 is 0 Å². The van der Waals surface area contributed by atoms with E-state index >= 15 is 0 Å². The fourth-order valence-electron chi connectivity index (χ4n) is 2.14. The number of rotatable bonds is 8. The van der Waals surface area contributed by atoms with Gasteiger partial charge in [-0.25, -0.2) is 9.97 Å². The summed E-state index contributed by atoms with van der Waals surface area (Å²) in [6.07, 6.45) is 11.2. The summed E-state index contributed by atoms with van der Waals surface area (Å²) in [6, 6.07) is 0. The molecule has 1 N–H and O–H groups in total. The lowest BCUT2D eigenvalue weighted by atomic mass is 10.3. The number of hydrogen-bond acceptors (Lipinski definition) is 3.